The molecule has 2 heterocycles. The lowest BCUT2D eigenvalue weighted by atomic mass is 9.85. The molecule has 0 N–H and O–H groups in total. The van der Waals surface area contributed by atoms with Crippen molar-refractivity contribution in [3.05, 3.63) is 101 Å². The molecule has 1 spiro atoms. The van der Waals surface area contributed by atoms with Gasteiger partial charge >= 0.3 is 0 Å². The summed E-state index contributed by atoms with van der Waals surface area (Å²) in [6.07, 6.45) is 4.10. The first-order chi connectivity index (χ1) is 16.6. The van der Waals surface area contributed by atoms with Gasteiger partial charge in [-0.05, 0) is 68.5 Å². The molecule has 0 radical (unpaired) electrons. The minimum Gasteiger partial charge on any atom is -0.487 e. The lowest BCUT2D eigenvalue weighted by Gasteiger charge is -2.43. The largest absolute Gasteiger partial charge is 0.487 e. The summed E-state index contributed by atoms with van der Waals surface area (Å²) in [4.78, 5) is 2.56. The van der Waals surface area contributed by atoms with Crippen molar-refractivity contribution in [1.82, 2.24) is 4.90 Å². The number of rotatable bonds is 6. The molecule has 3 aromatic rings. The SMILES string of the molecule is CC1Oc2ccc(F)cc2COC12CCN(CCCC(c1ccccc1)c1ccccc1)CC2. The molecule has 5 rings (SSSR count). The van der Waals surface area contributed by atoms with Gasteiger partial charge in [0.25, 0.3) is 0 Å². The smallest absolute Gasteiger partial charge is 0.125 e. The number of likely N-dealkylation sites (tertiary alicyclic amines) is 1. The summed E-state index contributed by atoms with van der Waals surface area (Å²) in [7, 11) is 0. The van der Waals surface area contributed by atoms with Crippen LogP contribution in [0.25, 0.3) is 0 Å². The zero-order chi connectivity index (χ0) is 23.4. The van der Waals surface area contributed by atoms with E-state index in [2.05, 4.69) is 72.5 Å². The van der Waals surface area contributed by atoms with Crippen LogP contribution in [0.3, 0.4) is 0 Å². The molecule has 34 heavy (non-hydrogen) atoms. The minimum atomic E-state index is -0.303. The molecule has 0 aliphatic carbocycles. The molecule has 2 aliphatic rings. The second-order valence-corrected chi connectivity index (χ2v) is 9.72. The summed E-state index contributed by atoms with van der Waals surface area (Å²) < 4.78 is 26.3. The Morgan fingerprint density at radius 3 is 2.24 bits per heavy atom. The first-order valence-corrected chi connectivity index (χ1v) is 12.5. The predicted octanol–water partition coefficient (Wildman–Crippen LogP) is 6.57. The van der Waals surface area contributed by atoms with E-state index in [1.54, 1.807) is 6.07 Å². The molecule has 0 amide bonds. The summed E-state index contributed by atoms with van der Waals surface area (Å²) in [6.45, 7) is 5.60. The Kier molecular flexibility index (Phi) is 6.98. The monoisotopic (exact) mass is 459 g/mol. The average Bonchev–Trinajstić information content (AvgIpc) is 3.00. The third-order valence-electron chi connectivity index (χ3n) is 7.66. The Hall–Kier alpha value is -2.69. The average molecular weight is 460 g/mol. The van der Waals surface area contributed by atoms with Crippen LogP contribution in [0.2, 0.25) is 0 Å². The van der Waals surface area contributed by atoms with Gasteiger partial charge in [-0.3, -0.25) is 0 Å². The van der Waals surface area contributed by atoms with Crippen LogP contribution in [0.15, 0.2) is 78.9 Å². The van der Waals surface area contributed by atoms with Gasteiger partial charge in [0.1, 0.15) is 23.3 Å². The Labute approximate surface area is 202 Å². The predicted molar refractivity (Wildman–Crippen MR) is 134 cm³/mol. The van der Waals surface area contributed by atoms with E-state index in [1.165, 1.54) is 23.3 Å². The molecule has 1 atom stereocenters. The molecule has 3 aromatic carbocycles. The van der Waals surface area contributed by atoms with E-state index in [4.69, 9.17) is 9.47 Å². The van der Waals surface area contributed by atoms with Gasteiger partial charge in [0.15, 0.2) is 0 Å². The minimum absolute atomic E-state index is 0.0538. The van der Waals surface area contributed by atoms with Gasteiger partial charge in [0, 0.05) is 24.6 Å². The summed E-state index contributed by atoms with van der Waals surface area (Å²) in [5, 5.41) is 0. The highest BCUT2D eigenvalue weighted by Gasteiger charge is 2.43. The Balaban J connectivity index is 1.17. The number of fused-ring (bicyclic) bond motifs is 1. The van der Waals surface area contributed by atoms with Crippen LogP contribution in [0, 0.1) is 5.82 Å². The first-order valence-electron chi connectivity index (χ1n) is 12.5. The van der Waals surface area contributed by atoms with E-state index in [9.17, 15) is 4.39 Å². The number of piperidine rings is 1. The molecular weight excluding hydrogens is 425 g/mol. The van der Waals surface area contributed by atoms with E-state index < -0.39 is 0 Å². The highest BCUT2D eigenvalue weighted by Crippen LogP contribution is 2.38. The van der Waals surface area contributed by atoms with Crippen LogP contribution < -0.4 is 4.74 Å². The molecule has 1 fully saturated rings. The molecule has 3 nitrogen and oxygen atoms in total. The number of benzene rings is 3. The molecule has 4 heteroatoms. The fraction of sp³-hybridized carbons (Fsp3) is 0.400. The Morgan fingerprint density at radius 2 is 1.59 bits per heavy atom. The van der Waals surface area contributed by atoms with Gasteiger partial charge in [0.2, 0.25) is 0 Å². The fourth-order valence-corrected chi connectivity index (χ4v) is 5.53. The molecule has 0 bridgehead atoms. The molecular formula is C30H34FNO2. The van der Waals surface area contributed by atoms with Gasteiger partial charge in [-0.25, -0.2) is 4.39 Å². The maximum absolute atomic E-state index is 13.7. The Bertz CT molecular complexity index is 1020. The van der Waals surface area contributed by atoms with E-state index in [0.29, 0.717) is 12.5 Å². The van der Waals surface area contributed by atoms with Gasteiger partial charge in [-0.15, -0.1) is 0 Å². The van der Waals surface area contributed by atoms with Gasteiger partial charge in [-0.1, -0.05) is 60.7 Å². The Morgan fingerprint density at radius 1 is 0.941 bits per heavy atom. The van der Waals surface area contributed by atoms with E-state index in [0.717, 1.165) is 56.6 Å². The maximum Gasteiger partial charge on any atom is 0.125 e. The second-order valence-electron chi connectivity index (χ2n) is 9.72. The molecule has 0 saturated carbocycles. The summed E-state index contributed by atoms with van der Waals surface area (Å²) >= 11 is 0. The molecule has 178 valence electrons. The first kappa shape index (κ1) is 23.1. The van der Waals surface area contributed by atoms with Crippen LogP contribution in [0.5, 0.6) is 5.75 Å². The summed E-state index contributed by atoms with van der Waals surface area (Å²) in [6, 6.07) is 26.4. The number of hydrogen-bond donors (Lipinski definition) is 0. The number of hydrogen-bond acceptors (Lipinski definition) is 3. The van der Waals surface area contributed by atoms with E-state index in [-0.39, 0.29) is 17.5 Å². The van der Waals surface area contributed by atoms with Gasteiger partial charge < -0.3 is 14.4 Å². The lowest BCUT2D eigenvalue weighted by molar-refractivity contribution is -0.136. The third kappa shape index (κ3) is 5.03. The van der Waals surface area contributed by atoms with Crippen molar-refractivity contribution in [2.45, 2.75) is 56.8 Å². The van der Waals surface area contributed by atoms with E-state index >= 15 is 0 Å². The zero-order valence-corrected chi connectivity index (χ0v) is 20.0. The van der Waals surface area contributed by atoms with Crippen LogP contribution in [-0.2, 0) is 11.3 Å². The lowest BCUT2D eigenvalue weighted by Crippen LogP contribution is -2.53. The quantitative estimate of drug-likeness (QED) is 0.416. The third-order valence-corrected chi connectivity index (χ3v) is 7.66. The van der Waals surface area contributed by atoms with Gasteiger partial charge in [0.05, 0.1) is 6.61 Å². The van der Waals surface area contributed by atoms with Crippen molar-refractivity contribution in [1.29, 1.82) is 0 Å². The standard InChI is InChI=1S/C30H34FNO2/c1-23-30(33-22-26-21-27(31)14-15-29(26)34-23)16-19-32(20-17-30)18-8-13-28(24-9-4-2-5-10-24)25-11-6-3-7-12-25/h2-7,9-12,14-15,21,23,28H,8,13,16-20,22H2,1H3. The normalized spacial score (nSPS) is 20.0. The fourth-order valence-electron chi connectivity index (χ4n) is 5.53. The molecule has 1 saturated heterocycles. The van der Waals surface area contributed by atoms with Crippen molar-refractivity contribution in [3.63, 3.8) is 0 Å². The number of ether oxygens (including phenoxy) is 2. The molecule has 2 aliphatic heterocycles. The van der Waals surface area contributed by atoms with Crippen molar-refractivity contribution in [2.24, 2.45) is 0 Å². The van der Waals surface area contributed by atoms with Crippen molar-refractivity contribution in [3.8, 4) is 5.75 Å². The van der Waals surface area contributed by atoms with Crippen LogP contribution >= 0.6 is 0 Å². The highest BCUT2D eigenvalue weighted by atomic mass is 19.1. The van der Waals surface area contributed by atoms with E-state index in [1.807, 2.05) is 0 Å². The topological polar surface area (TPSA) is 21.7 Å². The second kappa shape index (κ2) is 10.3. The summed E-state index contributed by atoms with van der Waals surface area (Å²) in [5.74, 6) is 0.936. The number of nitrogens with zero attached hydrogens (tertiary/aromatic N) is 1. The maximum atomic E-state index is 13.7. The van der Waals surface area contributed by atoms with Crippen molar-refractivity contribution in [2.75, 3.05) is 19.6 Å². The van der Waals surface area contributed by atoms with Crippen LogP contribution in [-0.4, -0.2) is 36.2 Å². The van der Waals surface area contributed by atoms with Crippen LogP contribution in [0.1, 0.15) is 55.2 Å². The van der Waals surface area contributed by atoms with Gasteiger partial charge in [-0.2, -0.15) is 0 Å². The molecule has 1 unspecified atom stereocenters. The summed E-state index contributed by atoms with van der Waals surface area (Å²) in [5.41, 5.74) is 3.28. The van der Waals surface area contributed by atoms with Crippen molar-refractivity contribution < 1.29 is 13.9 Å². The van der Waals surface area contributed by atoms with Crippen molar-refractivity contribution >= 4 is 0 Å². The molecule has 0 aromatic heterocycles. The zero-order valence-electron chi connectivity index (χ0n) is 20.0. The van der Waals surface area contributed by atoms with Crippen LogP contribution in [0.4, 0.5) is 4.39 Å². The number of halogens is 1. The highest BCUT2D eigenvalue weighted by molar-refractivity contribution is 5.35.